The van der Waals surface area contributed by atoms with Crippen LogP contribution in [0.25, 0.3) is 0 Å². The molecule has 0 aliphatic heterocycles. The van der Waals surface area contributed by atoms with Gasteiger partial charge in [-0.3, -0.25) is 0 Å². The van der Waals surface area contributed by atoms with E-state index in [0.29, 0.717) is 6.54 Å². The molecule has 1 aromatic rings. The van der Waals surface area contributed by atoms with Crippen molar-refractivity contribution in [1.29, 1.82) is 0 Å². The second-order valence-corrected chi connectivity index (χ2v) is 6.09. The maximum absolute atomic E-state index is 13.5. The van der Waals surface area contributed by atoms with Crippen LogP contribution >= 0.6 is 11.8 Å². The number of aromatic carboxylic acids is 1. The summed E-state index contributed by atoms with van der Waals surface area (Å²) in [4.78, 5) is 10.7. The van der Waals surface area contributed by atoms with E-state index in [1.807, 2.05) is 11.8 Å². The van der Waals surface area contributed by atoms with Crippen molar-refractivity contribution in [2.75, 3.05) is 12.8 Å². The minimum absolute atomic E-state index is 0.208. The zero-order valence-corrected chi connectivity index (χ0v) is 13.0. The Kier molecular flexibility index (Phi) is 6.49. The first-order valence-corrected chi connectivity index (χ1v) is 7.98. The number of carboxylic acids is 1. The molecule has 0 fully saturated rings. The van der Waals surface area contributed by atoms with E-state index in [9.17, 15) is 9.18 Å². The van der Waals surface area contributed by atoms with Gasteiger partial charge in [-0.2, -0.15) is 11.8 Å². The largest absolute Gasteiger partial charge is 0.478 e. The average Bonchev–Trinajstić information content (AvgIpc) is 2.44. The number of hydrogen-bond donors (Lipinski definition) is 2. The normalized spacial score (nSPS) is 11.6. The van der Waals surface area contributed by atoms with E-state index in [2.05, 4.69) is 25.4 Å². The van der Waals surface area contributed by atoms with Gasteiger partial charge in [0.2, 0.25) is 0 Å². The summed E-state index contributed by atoms with van der Waals surface area (Å²) in [7, 11) is 0. The molecule has 2 N–H and O–H groups in total. The lowest BCUT2D eigenvalue weighted by molar-refractivity contribution is 0.0692. The van der Waals surface area contributed by atoms with Crippen molar-refractivity contribution in [3.63, 3.8) is 0 Å². The molecule has 3 nitrogen and oxygen atoms in total. The summed E-state index contributed by atoms with van der Waals surface area (Å²) in [6.07, 6.45) is 4.25. The molecular weight excluding hydrogens is 277 g/mol. The van der Waals surface area contributed by atoms with Gasteiger partial charge in [0.05, 0.1) is 5.56 Å². The monoisotopic (exact) mass is 299 g/mol. The number of rotatable bonds is 8. The smallest absolute Gasteiger partial charge is 0.338 e. The summed E-state index contributed by atoms with van der Waals surface area (Å²) in [5, 5.41) is 12.1. The van der Waals surface area contributed by atoms with Gasteiger partial charge >= 0.3 is 5.97 Å². The zero-order valence-electron chi connectivity index (χ0n) is 12.2. The zero-order chi connectivity index (χ0) is 15.2. The van der Waals surface area contributed by atoms with Crippen LogP contribution in [-0.2, 0) is 6.54 Å². The van der Waals surface area contributed by atoms with Crippen molar-refractivity contribution >= 4 is 17.7 Å². The summed E-state index contributed by atoms with van der Waals surface area (Å²) >= 11 is 1.85. The maximum atomic E-state index is 13.5. The highest BCUT2D eigenvalue weighted by Gasteiger charge is 2.24. The third-order valence-corrected chi connectivity index (χ3v) is 5.35. The Labute approximate surface area is 124 Å². The topological polar surface area (TPSA) is 49.3 Å². The highest BCUT2D eigenvalue weighted by atomic mass is 32.2. The second-order valence-electron chi connectivity index (χ2n) is 4.82. The molecule has 1 rings (SSSR count). The summed E-state index contributed by atoms with van der Waals surface area (Å²) in [5.41, 5.74) is 0.476. The summed E-state index contributed by atoms with van der Waals surface area (Å²) in [6.45, 7) is 5.73. The van der Waals surface area contributed by atoms with E-state index in [-0.39, 0.29) is 10.3 Å². The number of thioether (sulfide) groups is 1. The first-order valence-electron chi connectivity index (χ1n) is 6.75. The molecule has 0 aliphatic rings. The summed E-state index contributed by atoms with van der Waals surface area (Å²) in [5.74, 6) is -1.92. The van der Waals surface area contributed by atoms with Crippen molar-refractivity contribution in [1.82, 2.24) is 5.32 Å². The molecule has 0 unspecified atom stereocenters. The second kappa shape index (κ2) is 7.64. The van der Waals surface area contributed by atoms with Crippen LogP contribution in [0.4, 0.5) is 4.39 Å². The van der Waals surface area contributed by atoms with Crippen LogP contribution < -0.4 is 5.32 Å². The van der Waals surface area contributed by atoms with Crippen molar-refractivity contribution in [2.45, 2.75) is 38.0 Å². The van der Waals surface area contributed by atoms with Crippen molar-refractivity contribution in [3.05, 3.63) is 35.1 Å². The fraction of sp³-hybridized carbons (Fsp3) is 0.533. The van der Waals surface area contributed by atoms with Gasteiger partial charge < -0.3 is 10.4 Å². The fourth-order valence-corrected chi connectivity index (χ4v) is 2.96. The Balaban J connectivity index is 2.63. The van der Waals surface area contributed by atoms with E-state index in [4.69, 9.17) is 5.11 Å². The fourth-order valence-electron chi connectivity index (χ4n) is 2.14. The van der Waals surface area contributed by atoms with Gasteiger partial charge in [-0.1, -0.05) is 19.9 Å². The number of halogens is 1. The number of hydrogen-bond acceptors (Lipinski definition) is 3. The molecule has 0 saturated heterocycles. The predicted octanol–water partition coefficient (Wildman–Crippen LogP) is 3.54. The van der Waals surface area contributed by atoms with Crippen LogP contribution in [-0.4, -0.2) is 28.6 Å². The Morgan fingerprint density at radius 1 is 1.40 bits per heavy atom. The number of carboxylic acid groups (broad SMARTS) is 1. The molecule has 0 atom stereocenters. The van der Waals surface area contributed by atoms with E-state index in [1.165, 1.54) is 12.1 Å². The van der Waals surface area contributed by atoms with Crippen molar-refractivity contribution in [2.24, 2.45) is 0 Å². The van der Waals surface area contributed by atoms with Crippen LogP contribution in [0.5, 0.6) is 0 Å². The SMILES string of the molecule is CCC(CC)(CNCc1ccc(C(=O)O)c(F)c1)SC. The van der Waals surface area contributed by atoms with Crippen LogP contribution in [0.2, 0.25) is 0 Å². The van der Waals surface area contributed by atoms with Gasteiger partial charge in [0.25, 0.3) is 0 Å². The molecule has 0 heterocycles. The van der Waals surface area contributed by atoms with E-state index in [1.54, 1.807) is 6.07 Å². The lowest BCUT2D eigenvalue weighted by atomic mass is 10.0. The molecule has 0 saturated carbocycles. The molecule has 112 valence electrons. The molecule has 0 aliphatic carbocycles. The van der Waals surface area contributed by atoms with Gasteiger partial charge in [0, 0.05) is 17.8 Å². The van der Waals surface area contributed by atoms with Crippen LogP contribution in [0, 0.1) is 5.82 Å². The van der Waals surface area contributed by atoms with E-state index >= 15 is 0 Å². The first kappa shape index (κ1) is 17.0. The van der Waals surface area contributed by atoms with Crippen LogP contribution in [0.3, 0.4) is 0 Å². The maximum Gasteiger partial charge on any atom is 0.338 e. The van der Waals surface area contributed by atoms with E-state index in [0.717, 1.165) is 24.9 Å². The summed E-state index contributed by atoms with van der Waals surface area (Å²) in [6, 6.07) is 4.25. The number of benzene rings is 1. The van der Waals surface area contributed by atoms with E-state index < -0.39 is 11.8 Å². The van der Waals surface area contributed by atoms with Gasteiger partial charge in [-0.15, -0.1) is 0 Å². The van der Waals surface area contributed by atoms with Gasteiger partial charge in [0.15, 0.2) is 0 Å². The Morgan fingerprint density at radius 3 is 2.50 bits per heavy atom. The third-order valence-electron chi connectivity index (χ3n) is 3.76. The molecule has 0 spiro atoms. The molecule has 0 amide bonds. The summed E-state index contributed by atoms with van der Waals surface area (Å²) < 4.78 is 13.8. The Morgan fingerprint density at radius 2 is 2.05 bits per heavy atom. The quantitative estimate of drug-likeness (QED) is 0.771. The Hall–Kier alpha value is -1.07. The van der Waals surface area contributed by atoms with Crippen LogP contribution in [0.1, 0.15) is 42.6 Å². The standard InChI is InChI=1S/C15H22FNO2S/c1-4-15(5-2,20-3)10-17-9-11-6-7-12(14(18)19)13(16)8-11/h6-8,17H,4-5,9-10H2,1-3H3,(H,18,19). The molecule has 1 aromatic carbocycles. The lowest BCUT2D eigenvalue weighted by Crippen LogP contribution is -2.36. The number of carbonyl (C=O) groups is 1. The lowest BCUT2D eigenvalue weighted by Gasteiger charge is -2.30. The van der Waals surface area contributed by atoms with Gasteiger partial charge in [0.1, 0.15) is 5.82 Å². The minimum Gasteiger partial charge on any atom is -0.478 e. The average molecular weight is 299 g/mol. The van der Waals surface area contributed by atoms with Gasteiger partial charge in [-0.25, -0.2) is 9.18 Å². The number of nitrogens with one attached hydrogen (secondary N) is 1. The molecule has 5 heteroatoms. The minimum atomic E-state index is -1.24. The molecule has 0 radical (unpaired) electrons. The highest BCUT2D eigenvalue weighted by molar-refractivity contribution is 8.00. The molecule has 0 bridgehead atoms. The predicted molar refractivity (Wildman–Crippen MR) is 81.9 cm³/mol. The first-order chi connectivity index (χ1) is 9.48. The molecule has 0 aromatic heterocycles. The molecular formula is C15H22FNO2S. The third kappa shape index (κ3) is 4.21. The Bertz CT molecular complexity index is 453. The van der Waals surface area contributed by atoms with Crippen molar-refractivity contribution < 1.29 is 14.3 Å². The highest BCUT2D eigenvalue weighted by Crippen LogP contribution is 2.29. The van der Waals surface area contributed by atoms with Gasteiger partial charge in [-0.05, 0) is 36.8 Å². The van der Waals surface area contributed by atoms with Crippen molar-refractivity contribution in [3.8, 4) is 0 Å². The van der Waals surface area contributed by atoms with Crippen LogP contribution in [0.15, 0.2) is 18.2 Å². The molecule has 20 heavy (non-hydrogen) atoms.